The highest BCUT2D eigenvalue weighted by Gasteiger charge is 2.41. The Labute approximate surface area is 71.4 Å². The molecule has 1 rings (SSSR count). The molecular weight excluding hydrogens is 158 g/mol. The Hall–Kier alpha value is -0.440. The minimum atomic E-state index is -0.0645. The second-order valence-electron chi connectivity index (χ2n) is 2.81. The number of thioether (sulfide) groups is 1. The fourth-order valence-electron chi connectivity index (χ4n) is 0.913. The van der Waals surface area contributed by atoms with Gasteiger partial charge in [-0.1, -0.05) is 6.58 Å². The first-order chi connectivity index (χ1) is 5.22. The molecule has 0 aliphatic heterocycles. The van der Waals surface area contributed by atoms with Crippen molar-refractivity contribution in [3.05, 3.63) is 12.7 Å². The summed E-state index contributed by atoms with van der Waals surface area (Å²) in [5, 5.41) is 2.81. The third-order valence-electron chi connectivity index (χ3n) is 2.01. The number of rotatable bonds is 4. The van der Waals surface area contributed by atoms with E-state index in [0.29, 0.717) is 4.75 Å². The maximum Gasteiger partial charge on any atom is 0.243 e. The summed E-state index contributed by atoms with van der Waals surface area (Å²) in [6.07, 6.45) is 5.86. The van der Waals surface area contributed by atoms with E-state index in [9.17, 15) is 4.79 Å². The van der Waals surface area contributed by atoms with Crippen LogP contribution in [-0.2, 0) is 4.79 Å². The molecule has 1 N–H and O–H groups in total. The van der Waals surface area contributed by atoms with Crippen molar-refractivity contribution in [2.45, 2.75) is 17.6 Å². The molecular formula is C8H13NOS. The molecule has 0 aromatic heterocycles. The van der Waals surface area contributed by atoms with Crippen LogP contribution in [0.5, 0.6) is 0 Å². The van der Waals surface area contributed by atoms with Gasteiger partial charge in [0, 0.05) is 11.3 Å². The fourth-order valence-corrected chi connectivity index (χ4v) is 1.64. The van der Waals surface area contributed by atoms with Crippen molar-refractivity contribution < 1.29 is 4.79 Å². The van der Waals surface area contributed by atoms with Crippen molar-refractivity contribution in [1.82, 2.24) is 5.32 Å². The van der Waals surface area contributed by atoms with E-state index >= 15 is 0 Å². The Morgan fingerprint density at radius 2 is 2.45 bits per heavy atom. The van der Waals surface area contributed by atoms with E-state index in [0.717, 1.165) is 6.54 Å². The fraction of sp³-hybridized carbons (Fsp3) is 0.625. The average Bonchev–Trinajstić information content (AvgIpc) is 2.81. The highest BCUT2D eigenvalue weighted by molar-refractivity contribution is 8.00. The van der Waals surface area contributed by atoms with Crippen LogP contribution >= 0.6 is 11.8 Å². The monoisotopic (exact) mass is 171 g/mol. The first-order valence-corrected chi connectivity index (χ1v) is 4.90. The molecule has 1 aliphatic carbocycles. The Morgan fingerprint density at radius 3 is 2.82 bits per heavy atom. The minimum Gasteiger partial charge on any atom is -0.351 e. The van der Waals surface area contributed by atoms with Crippen molar-refractivity contribution in [3.63, 3.8) is 0 Å². The van der Waals surface area contributed by atoms with Crippen LogP contribution in [0.3, 0.4) is 0 Å². The van der Waals surface area contributed by atoms with Crippen molar-refractivity contribution in [2.24, 2.45) is 0 Å². The molecule has 1 aliphatic rings. The van der Waals surface area contributed by atoms with Crippen LogP contribution in [0.25, 0.3) is 0 Å². The molecule has 0 heterocycles. The zero-order chi connectivity index (χ0) is 8.32. The summed E-state index contributed by atoms with van der Waals surface area (Å²) in [6.45, 7) is 4.18. The van der Waals surface area contributed by atoms with E-state index in [-0.39, 0.29) is 5.91 Å². The third kappa shape index (κ3) is 2.26. The van der Waals surface area contributed by atoms with Gasteiger partial charge >= 0.3 is 0 Å². The molecule has 0 radical (unpaired) electrons. The van der Waals surface area contributed by atoms with Gasteiger partial charge < -0.3 is 5.32 Å². The molecule has 1 fully saturated rings. The van der Waals surface area contributed by atoms with Crippen molar-refractivity contribution in [3.8, 4) is 0 Å². The second kappa shape index (κ2) is 3.30. The normalized spacial score (nSPS) is 19.0. The van der Waals surface area contributed by atoms with E-state index in [1.807, 2.05) is 11.8 Å². The summed E-state index contributed by atoms with van der Waals surface area (Å²) >= 11 is 1.84. The van der Waals surface area contributed by atoms with Crippen LogP contribution in [0.15, 0.2) is 12.7 Å². The number of carbonyl (C=O) groups excluding carboxylic acids is 1. The Balaban J connectivity index is 2.21. The van der Waals surface area contributed by atoms with Crippen LogP contribution in [0.1, 0.15) is 12.8 Å². The van der Waals surface area contributed by atoms with Crippen molar-refractivity contribution >= 4 is 17.7 Å². The van der Waals surface area contributed by atoms with Crippen LogP contribution in [-0.4, -0.2) is 23.5 Å². The van der Waals surface area contributed by atoms with Gasteiger partial charge in [-0.05, 0) is 25.2 Å². The molecule has 0 saturated heterocycles. The van der Waals surface area contributed by atoms with Gasteiger partial charge in [0.25, 0.3) is 0 Å². The third-order valence-corrected chi connectivity index (χ3v) is 3.43. The maximum atomic E-state index is 10.8. The zero-order valence-electron chi connectivity index (χ0n) is 6.72. The molecule has 62 valence electrons. The van der Waals surface area contributed by atoms with E-state index in [2.05, 4.69) is 18.2 Å². The second-order valence-corrected chi connectivity index (χ2v) is 4.08. The molecule has 2 nitrogen and oxygen atoms in total. The molecule has 1 amide bonds. The highest BCUT2D eigenvalue weighted by atomic mass is 32.2. The molecule has 0 unspecified atom stereocenters. The van der Waals surface area contributed by atoms with Gasteiger partial charge in [0.05, 0.1) is 0 Å². The molecule has 0 atom stereocenters. The van der Waals surface area contributed by atoms with Gasteiger partial charge in [0.15, 0.2) is 0 Å². The highest BCUT2D eigenvalue weighted by Crippen LogP contribution is 2.46. The summed E-state index contributed by atoms with van der Waals surface area (Å²) < 4.78 is 0.360. The lowest BCUT2D eigenvalue weighted by atomic mass is 10.4. The molecule has 0 spiro atoms. The van der Waals surface area contributed by atoms with Gasteiger partial charge in [0.1, 0.15) is 0 Å². The number of hydrogen-bond acceptors (Lipinski definition) is 2. The smallest absolute Gasteiger partial charge is 0.243 e. The van der Waals surface area contributed by atoms with Gasteiger partial charge in [0.2, 0.25) is 5.91 Å². The van der Waals surface area contributed by atoms with Crippen molar-refractivity contribution in [2.75, 3.05) is 12.8 Å². The molecule has 3 heteroatoms. The van der Waals surface area contributed by atoms with Crippen LogP contribution in [0, 0.1) is 0 Å². The largest absolute Gasteiger partial charge is 0.351 e. The molecule has 0 aromatic carbocycles. The maximum absolute atomic E-state index is 10.8. The van der Waals surface area contributed by atoms with Crippen molar-refractivity contribution in [1.29, 1.82) is 0 Å². The SMILES string of the molecule is C=CC(=O)NCC1(SC)CC1. The Kier molecular flexibility index (Phi) is 2.60. The molecule has 1 saturated carbocycles. The standard InChI is InChI=1S/C8H13NOS/c1-3-7(10)9-6-8(11-2)4-5-8/h3H,1,4-6H2,2H3,(H,9,10). The lowest BCUT2D eigenvalue weighted by Crippen LogP contribution is -2.30. The first-order valence-electron chi connectivity index (χ1n) is 3.68. The number of nitrogens with one attached hydrogen (secondary N) is 1. The number of amides is 1. The Bertz CT molecular complexity index is 175. The number of hydrogen-bond donors (Lipinski definition) is 1. The van der Waals surface area contributed by atoms with E-state index in [1.165, 1.54) is 18.9 Å². The lowest BCUT2D eigenvalue weighted by Gasteiger charge is -2.11. The van der Waals surface area contributed by atoms with Crippen LogP contribution in [0.2, 0.25) is 0 Å². The van der Waals surface area contributed by atoms with Crippen LogP contribution in [0.4, 0.5) is 0 Å². The zero-order valence-corrected chi connectivity index (χ0v) is 7.54. The van der Waals surface area contributed by atoms with Gasteiger partial charge in [-0.3, -0.25) is 4.79 Å². The summed E-state index contributed by atoms with van der Waals surface area (Å²) in [7, 11) is 0. The number of carbonyl (C=O) groups is 1. The Morgan fingerprint density at radius 1 is 1.82 bits per heavy atom. The average molecular weight is 171 g/mol. The topological polar surface area (TPSA) is 29.1 Å². The summed E-state index contributed by atoms with van der Waals surface area (Å²) in [5.41, 5.74) is 0. The van der Waals surface area contributed by atoms with E-state index in [1.54, 1.807) is 0 Å². The predicted molar refractivity (Wildman–Crippen MR) is 48.7 cm³/mol. The molecule has 0 bridgehead atoms. The minimum absolute atomic E-state index is 0.0645. The van der Waals surface area contributed by atoms with Crippen LogP contribution < -0.4 is 5.32 Å². The summed E-state index contributed by atoms with van der Waals surface area (Å²) in [6, 6.07) is 0. The molecule has 0 aromatic rings. The van der Waals surface area contributed by atoms with Gasteiger partial charge in [-0.25, -0.2) is 0 Å². The lowest BCUT2D eigenvalue weighted by molar-refractivity contribution is -0.116. The predicted octanol–water partition coefficient (Wildman–Crippen LogP) is 1.18. The summed E-state index contributed by atoms with van der Waals surface area (Å²) in [5.74, 6) is -0.0645. The first kappa shape index (κ1) is 8.65. The molecule has 11 heavy (non-hydrogen) atoms. The van der Waals surface area contributed by atoms with E-state index < -0.39 is 0 Å². The van der Waals surface area contributed by atoms with E-state index in [4.69, 9.17) is 0 Å². The van der Waals surface area contributed by atoms with Gasteiger partial charge in [-0.15, -0.1) is 0 Å². The van der Waals surface area contributed by atoms with Gasteiger partial charge in [-0.2, -0.15) is 11.8 Å². The summed E-state index contributed by atoms with van der Waals surface area (Å²) in [4.78, 5) is 10.8. The quantitative estimate of drug-likeness (QED) is 0.644.